The third-order valence-corrected chi connectivity index (χ3v) is 2.80. The SMILES string of the molecule is CC(C)n1ccnc1-c1cc(F)cc(Br)c1. The summed E-state index contributed by atoms with van der Waals surface area (Å²) >= 11 is 3.28. The van der Waals surface area contributed by atoms with E-state index >= 15 is 0 Å². The van der Waals surface area contributed by atoms with Gasteiger partial charge in [0, 0.05) is 28.5 Å². The Morgan fingerprint density at radius 3 is 2.69 bits per heavy atom. The van der Waals surface area contributed by atoms with E-state index in [1.54, 1.807) is 6.20 Å². The van der Waals surface area contributed by atoms with Gasteiger partial charge in [0.25, 0.3) is 0 Å². The number of benzene rings is 1. The van der Waals surface area contributed by atoms with Crippen LogP contribution in [0.3, 0.4) is 0 Å². The minimum atomic E-state index is -0.261. The zero-order chi connectivity index (χ0) is 11.7. The van der Waals surface area contributed by atoms with Gasteiger partial charge in [0.2, 0.25) is 0 Å². The van der Waals surface area contributed by atoms with E-state index in [2.05, 4.69) is 34.8 Å². The van der Waals surface area contributed by atoms with Crippen molar-refractivity contribution in [2.75, 3.05) is 0 Å². The topological polar surface area (TPSA) is 17.8 Å². The van der Waals surface area contributed by atoms with E-state index in [0.29, 0.717) is 6.04 Å². The van der Waals surface area contributed by atoms with Crippen molar-refractivity contribution in [1.29, 1.82) is 0 Å². The molecule has 0 saturated heterocycles. The van der Waals surface area contributed by atoms with Crippen molar-refractivity contribution in [3.63, 3.8) is 0 Å². The molecule has 0 bridgehead atoms. The molecule has 84 valence electrons. The van der Waals surface area contributed by atoms with Crippen LogP contribution < -0.4 is 0 Å². The zero-order valence-corrected chi connectivity index (χ0v) is 10.7. The first kappa shape index (κ1) is 11.3. The second-order valence-corrected chi connectivity index (χ2v) is 4.83. The summed E-state index contributed by atoms with van der Waals surface area (Å²) in [5, 5.41) is 0. The molecular weight excluding hydrogens is 271 g/mol. The quantitative estimate of drug-likeness (QED) is 0.813. The van der Waals surface area contributed by atoms with Gasteiger partial charge in [-0.05, 0) is 32.0 Å². The maximum absolute atomic E-state index is 13.3. The summed E-state index contributed by atoms with van der Waals surface area (Å²) in [6.07, 6.45) is 3.63. The molecule has 0 aliphatic rings. The highest BCUT2D eigenvalue weighted by molar-refractivity contribution is 9.10. The summed E-state index contributed by atoms with van der Waals surface area (Å²) in [7, 11) is 0. The van der Waals surface area contributed by atoms with Gasteiger partial charge in [0.15, 0.2) is 0 Å². The number of hydrogen-bond donors (Lipinski definition) is 0. The molecular formula is C12H12BrFN2. The number of rotatable bonds is 2. The molecule has 1 aromatic heterocycles. The lowest BCUT2D eigenvalue weighted by Gasteiger charge is -2.11. The maximum Gasteiger partial charge on any atom is 0.140 e. The molecule has 4 heteroatoms. The van der Waals surface area contributed by atoms with Crippen LogP contribution in [0.5, 0.6) is 0 Å². The second kappa shape index (κ2) is 4.37. The summed E-state index contributed by atoms with van der Waals surface area (Å²) in [6, 6.07) is 5.10. The van der Waals surface area contributed by atoms with Crippen LogP contribution in [0.25, 0.3) is 11.4 Å². The summed E-state index contributed by atoms with van der Waals surface area (Å²) < 4.78 is 16.0. The van der Waals surface area contributed by atoms with Crippen molar-refractivity contribution in [2.45, 2.75) is 19.9 Å². The van der Waals surface area contributed by atoms with Crippen LogP contribution in [-0.4, -0.2) is 9.55 Å². The Morgan fingerprint density at radius 2 is 2.06 bits per heavy atom. The van der Waals surface area contributed by atoms with Gasteiger partial charge in [-0.25, -0.2) is 9.37 Å². The van der Waals surface area contributed by atoms with Crippen LogP contribution in [0.2, 0.25) is 0 Å². The minimum absolute atomic E-state index is 0.261. The van der Waals surface area contributed by atoms with Gasteiger partial charge in [-0.15, -0.1) is 0 Å². The molecule has 0 amide bonds. The highest BCUT2D eigenvalue weighted by Crippen LogP contribution is 2.25. The zero-order valence-electron chi connectivity index (χ0n) is 9.11. The molecule has 16 heavy (non-hydrogen) atoms. The Morgan fingerprint density at radius 1 is 1.31 bits per heavy atom. The lowest BCUT2D eigenvalue weighted by molar-refractivity contribution is 0.604. The number of hydrogen-bond acceptors (Lipinski definition) is 1. The molecule has 1 aromatic carbocycles. The van der Waals surface area contributed by atoms with Crippen molar-refractivity contribution >= 4 is 15.9 Å². The van der Waals surface area contributed by atoms with Gasteiger partial charge in [0.05, 0.1) is 0 Å². The molecule has 0 spiro atoms. The van der Waals surface area contributed by atoms with Gasteiger partial charge in [0.1, 0.15) is 11.6 Å². The predicted molar refractivity (Wildman–Crippen MR) is 65.7 cm³/mol. The molecule has 2 nitrogen and oxygen atoms in total. The van der Waals surface area contributed by atoms with Crippen molar-refractivity contribution in [1.82, 2.24) is 9.55 Å². The highest BCUT2D eigenvalue weighted by atomic mass is 79.9. The molecule has 2 aromatic rings. The lowest BCUT2D eigenvalue weighted by atomic mass is 10.2. The van der Waals surface area contributed by atoms with Gasteiger partial charge in [-0.1, -0.05) is 15.9 Å². The maximum atomic E-state index is 13.3. The second-order valence-electron chi connectivity index (χ2n) is 3.91. The fourth-order valence-electron chi connectivity index (χ4n) is 1.64. The van der Waals surface area contributed by atoms with Gasteiger partial charge in [-0.2, -0.15) is 0 Å². The Balaban J connectivity index is 2.54. The molecule has 0 N–H and O–H groups in total. The molecule has 0 radical (unpaired) electrons. The number of halogens is 2. The van der Waals surface area contributed by atoms with Crippen LogP contribution in [0.4, 0.5) is 4.39 Å². The molecule has 0 unspecified atom stereocenters. The van der Waals surface area contributed by atoms with E-state index in [9.17, 15) is 4.39 Å². The third kappa shape index (κ3) is 2.16. The highest BCUT2D eigenvalue weighted by Gasteiger charge is 2.09. The van der Waals surface area contributed by atoms with Gasteiger partial charge >= 0.3 is 0 Å². The Labute approximate surface area is 102 Å². The summed E-state index contributed by atoms with van der Waals surface area (Å²) in [5.74, 6) is 0.526. The summed E-state index contributed by atoms with van der Waals surface area (Å²) in [5.41, 5.74) is 0.783. The summed E-state index contributed by atoms with van der Waals surface area (Å²) in [4.78, 5) is 4.27. The first-order valence-electron chi connectivity index (χ1n) is 5.07. The monoisotopic (exact) mass is 282 g/mol. The first-order valence-corrected chi connectivity index (χ1v) is 5.86. The predicted octanol–water partition coefficient (Wildman–Crippen LogP) is 4.03. The molecule has 0 aliphatic carbocycles. The normalized spacial score (nSPS) is 11.1. The number of aromatic nitrogens is 2. The van der Waals surface area contributed by atoms with E-state index < -0.39 is 0 Å². The lowest BCUT2D eigenvalue weighted by Crippen LogP contribution is -2.01. The Hall–Kier alpha value is -1.16. The largest absolute Gasteiger partial charge is 0.328 e. The molecule has 0 aliphatic heterocycles. The Kier molecular flexibility index (Phi) is 3.10. The van der Waals surface area contributed by atoms with E-state index in [0.717, 1.165) is 15.9 Å². The van der Waals surface area contributed by atoms with Crippen LogP contribution in [0.15, 0.2) is 35.1 Å². The molecule has 0 atom stereocenters. The number of nitrogens with zero attached hydrogens (tertiary/aromatic N) is 2. The minimum Gasteiger partial charge on any atom is -0.328 e. The van der Waals surface area contributed by atoms with E-state index in [4.69, 9.17) is 0 Å². The fraction of sp³-hybridized carbons (Fsp3) is 0.250. The summed E-state index contributed by atoms with van der Waals surface area (Å²) in [6.45, 7) is 4.14. The Bertz CT molecular complexity index is 485. The smallest absolute Gasteiger partial charge is 0.140 e. The van der Waals surface area contributed by atoms with Crippen LogP contribution in [0, 0.1) is 5.82 Å². The molecule has 2 rings (SSSR count). The van der Waals surface area contributed by atoms with E-state index in [-0.39, 0.29) is 5.82 Å². The van der Waals surface area contributed by atoms with Crippen LogP contribution >= 0.6 is 15.9 Å². The van der Waals surface area contributed by atoms with Crippen molar-refractivity contribution in [3.05, 3.63) is 40.9 Å². The molecule has 0 saturated carbocycles. The van der Waals surface area contributed by atoms with Crippen molar-refractivity contribution in [2.24, 2.45) is 0 Å². The van der Waals surface area contributed by atoms with E-state index in [1.807, 2.05) is 16.8 Å². The van der Waals surface area contributed by atoms with Crippen LogP contribution in [0.1, 0.15) is 19.9 Å². The number of imidazole rings is 1. The standard InChI is InChI=1S/C12H12BrFN2/c1-8(2)16-4-3-15-12(16)9-5-10(13)7-11(14)6-9/h3-8H,1-2H3. The average Bonchev–Trinajstić information content (AvgIpc) is 2.63. The third-order valence-electron chi connectivity index (χ3n) is 2.35. The van der Waals surface area contributed by atoms with Crippen molar-refractivity contribution < 1.29 is 4.39 Å². The van der Waals surface area contributed by atoms with Crippen molar-refractivity contribution in [3.8, 4) is 11.4 Å². The van der Waals surface area contributed by atoms with Crippen LogP contribution in [-0.2, 0) is 0 Å². The van der Waals surface area contributed by atoms with E-state index in [1.165, 1.54) is 12.1 Å². The van der Waals surface area contributed by atoms with Gasteiger partial charge < -0.3 is 4.57 Å². The molecule has 0 fully saturated rings. The van der Waals surface area contributed by atoms with Gasteiger partial charge in [-0.3, -0.25) is 0 Å². The fourth-order valence-corrected chi connectivity index (χ4v) is 2.10. The molecule has 1 heterocycles. The average molecular weight is 283 g/mol. The first-order chi connectivity index (χ1) is 7.58.